The fourth-order valence-corrected chi connectivity index (χ4v) is 3.01. The molecule has 0 radical (unpaired) electrons. The van der Waals surface area contributed by atoms with Crippen molar-refractivity contribution in [1.29, 1.82) is 0 Å². The zero-order valence-corrected chi connectivity index (χ0v) is 16.6. The zero-order chi connectivity index (χ0) is 18.8. The van der Waals surface area contributed by atoms with Gasteiger partial charge in [-0.15, -0.1) is 0 Å². The van der Waals surface area contributed by atoms with E-state index in [1.807, 2.05) is 38.1 Å². The number of hydrogen-bond donors (Lipinski definition) is 2. The summed E-state index contributed by atoms with van der Waals surface area (Å²) in [6.45, 7) is 12.6. The molecule has 0 unspecified atom stereocenters. The van der Waals surface area contributed by atoms with Crippen LogP contribution < -0.4 is 10.6 Å². The van der Waals surface area contributed by atoms with E-state index in [0.29, 0.717) is 10.7 Å². The molecule has 0 aliphatic heterocycles. The second kappa shape index (κ2) is 7.36. The predicted molar refractivity (Wildman–Crippen MR) is 109 cm³/mol. The molecule has 0 saturated carbocycles. The minimum Gasteiger partial charge on any atom is -0.332 e. The first-order valence-corrected chi connectivity index (χ1v) is 8.79. The molecule has 0 bridgehead atoms. The van der Waals surface area contributed by atoms with Crippen LogP contribution in [0.2, 0.25) is 0 Å². The molecule has 0 heterocycles. The summed E-state index contributed by atoms with van der Waals surface area (Å²) in [7, 11) is 0. The molecule has 0 atom stereocenters. The molecule has 2 N–H and O–H groups in total. The lowest BCUT2D eigenvalue weighted by molar-refractivity contribution is 0.0977. The van der Waals surface area contributed by atoms with E-state index in [0.717, 1.165) is 16.8 Å². The number of nitrogens with one attached hydrogen (secondary N) is 2. The van der Waals surface area contributed by atoms with Crippen LogP contribution in [-0.4, -0.2) is 11.0 Å². The van der Waals surface area contributed by atoms with Crippen LogP contribution in [0.3, 0.4) is 0 Å². The molecular formula is C21H26N2OS. The summed E-state index contributed by atoms with van der Waals surface area (Å²) in [6.07, 6.45) is 0. The summed E-state index contributed by atoms with van der Waals surface area (Å²) < 4.78 is 0. The Morgan fingerprint density at radius 2 is 1.48 bits per heavy atom. The summed E-state index contributed by atoms with van der Waals surface area (Å²) >= 11 is 5.31. The van der Waals surface area contributed by atoms with Crippen molar-refractivity contribution < 1.29 is 4.79 Å². The van der Waals surface area contributed by atoms with Crippen molar-refractivity contribution in [3.8, 4) is 0 Å². The average Bonchev–Trinajstić information content (AvgIpc) is 2.50. The molecule has 25 heavy (non-hydrogen) atoms. The number of anilines is 1. The first-order valence-electron chi connectivity index (χ1n) is 8.38. The highest BCUT2D eigenvalue weighted by Gasteiger charge is 2.15. The van der Waals surface area contributed by atoms with Gasteiger partial charge in [0.1, 0.15) is 0 Å². The minimum absolute atomic E-state index is 0.0619. The maximum absolute atomic E-state index is 12.4. The Morgan fingerprint density at radius 3 is 1.96 bits per heavy atom. The number of aryl methyl sites for hydroxylation is 3. The van der Waals surface area contributed by atoms with Gasteiger partial charge in [0, 0.05) is 11.3 Å². The molecule has 0 aromatic heterocycles. The van der Waals surface area contributed by atoms with Crippen molar-refractivity contribution >= 4 is 28.9 Å². The maximum atomic E-state index is 12.4. The largest absolute Gasteiger partial charge is 0.332 e. The van der Waals surface area contributed by atoms with E-state index in [1.54, 1.807) is 0 Å². The molecule has 0 saturated heterocycles. The molecule has 2 aromatic rings. The number of thiocarbonyl (C=S) groups is 1. The van der Waals surface area contributed by atoms with E-state index < -0.39 is 0 Å². The van der Waals surface area contributed by atoms with Gasteiger partial charge in [0.05, 0.1) is 0 Å². The normalized spacial score (nSPS) is 11.1. The second-order valence-electron chi connectivity index (χ2n) is 7.51. The standard InChI is InChI=1S/C21H26N2OS/c1-13-11-14(2)18(15(3)12-13)22-20(25)23-19(24)16-7-9-17(10-8-16)21(4,5)6/h7-12H,1-6H3,(H2,22,23,24,25). The van der Waals surface area contributed by atoms with Crippen molar-refractivity contribution in [3.63, 3.8) is 0 Å². The van der Waals surface area contributed by atoms with Gasteiger partial charge in [0.2, 0.25) is 0 Å². The number of hydrogen-bond acceptors (Lipinski definition) is 2. The van der Waals surface area contributed by atoms with Crippen molar-refractivity contribution in [2.45, 2.75) is 47.0 Å². The van der Waals surface area contributed by atoms with Crippen LogP contribution in [-0.2, 0) is 5.41 Å². The van der Waals surface area contributed by atoms with E-state index in [9.17, 15) is 4.79 Å². The Hall–Kier alpha value is -2.20. The van der Waals surface area contributed by atoms with Crippen LogP contribution >= 0.6 is 12.2 Å². The summed E-state index contributed by atoms with van der Waals surface area (Å²) in [5.74, 6) is -0.208. The predicted octanol–water partition coefficient (Wildman–Crippen LogP) is 5.04. The van der Waals surface area contributed by atoms with Gasteiger partial charge < -0.3 is 5.32 Å². The molecule has 0 fully saturated rings. The molecule has 0 aliphatic rings. The van der Waals surface area contributed by atoms with E-state index >= 15 is 0 Å². The lowest BCUT2D eigenvalue weighted by atomic mass is 9.87. The molecule has 3 nitrogen and oxygen atoms in total. The van der Waals surface area contributed by atoms with E-state index in [-0.39, 0.29) is 11.3 Å². The molecule has 4 heteroatoms. The third-order valence-electron chi connectivity index (χ3n) is 4.16. The Labute approximate surface area is 155 Å². The molecular weight excluding hydrogens is 328 g/mol. The smallest absolute Gasteiger partial charge is 0.257 e. The number of carbonyl (C=O) groups is 1. The van der Waals surface area contributed by atoms with Gasteiger partial charge in [0.15, 0.2) is 5.11 Å². The van der Waals surface area contributed by atoms with Gasteiger partial charge in [-0.2, -0.15) is 0 Å². The quantitative estimate of drug-likeness (QED) is 0.743. The first kappa shape index (κ1) is 19.1. The molecule has 0 aliphatic carbocycles. The average molecular weight is 355 g/mol. The molecule has 2 rings (SSSR count). The fraction of sp³-hybridized carbons (Fsp3) is 0.333. The molecule has 0 spiro atoms. The lowest BCUT2D eigenvalue weighted by Crippen LogP contribution is -2.34. The number of carbonyl (C=O) groups excluding carboxylic acids is 1. The summed E-state index contributed by atoms with van der Waals surface area (Å²) in [5, 5.41) is 6.20. The third kappa shape index (κ3) is 4.89. The van der Waals surface area contributed by atoms with Gasteiger partial charge in [0.25, 0.3) is 5.91 Å². The molecule has 132 valence electrons. The van der Waals surface area contributed by atoms with Gasteiger partial charge in [-0.3, -0.25) is 10.1 Å². The first-order chi connectivity index (χ1) is 11.6. The van der Waals surface area contributed by atoms with Crippen LogP contribution in [0.15, 0.2) is 36.4 Å². The Morgan fingerprint density at radius 1 is 0.960 bits per heavy atom. The highest BCUT2D eigenvalue weighted by atomic mass is 32.1. The van der Waals surface area contributed by atoms with Gasteiger partial charge in [-0.1, -0.05) is 50.6 Å². The highest BCUT2D eigenvalue weighted by molar-refractivity contribution is 7.80. The van der Waals surface area contributed by atoms with Crippen molar-refractivity contribution in [1.82, 2.24) is 5.32 Å². The maximum Gasteiger partial charge on any atom is 0.257 e. The fourth-order valence-electron chi connectivity index (χ4n) is 2.82. The summed E-state index contributed by atoms with van der Waals surface area (Å²) in [6, 6.07) is 11.8. The van der Waals surface area contributed by atoms with Gasteiger partial charge in [-0.05, 0) is 67.2 Å². The van der Waals surface area contributed by atoms with E-state index in [2.05, 4.69) is 50.5 Å². The van der Waals surface area contributed by atoms with E-state index in [1.165, 1.54) is 11.1 Å². The Bertz CT molecular complexity index is 779. The van der Waals surface area contributed by atoms with Crippen LogP contribution in [0.1, 0.15) is 53.4 Å². The number of rotatable bonds is 2. The Balaban J connectivity index is 2.07. The zero-order valence-electron chi connectivity index (χ0n) is 15.8. The number of amides is 1. The van der Waals surface area contributed by atoms with Crippen LogP contribution in [0.25, 0.3) is 0 Å². The summed E-state index contributed by atoms with van der Waals surface area (Å²) in [5.41, 5.74) is 6.19. The van der Waals surface area contributed by atoms with Crippen LogP contribution in [0.4, 0.5) is 5.69 Å². The minimum atomic E-state index is -0.208. The second-order valence-corrected chi connectivity index (χ2v) is 7.92. The third-order valence-corrected chi connectivity index (χ3v) is 4.36. The van der Waals surface area contributed by atoms with Crippen LogP contribution in [0.5, 0.6) is 0 Å². The topological polar surface area (TPSA) is 41.1 Å². The SMILES string of the molecule is Cc1cc(C)c(NC(=S)NC(=O)c2ccc(C(C)(C)C)cc2)c(C)c1. The summed E-state index contributed by atoms with van der Waals surface area (Å²) in [4.78, 5) is 12.4. The monoisotopic (exact) mass is 354 g/mol. The lowest BCUT2D eigenvalue weighted by Gasteiger charge is -2.19. The van der Waals surface area contributed by atoms with Crippen molar-refractivity contribution in [2.24, 2.45) is 0 Å². The number of benzene rings is 2. The highest BCUT2D eigenvalue weighted by Crippen LogP contribution is 2.23. The van der Waals surface area contributed by atoms with E-state index in [4.69, 9.17) is 12.2 Å². The van der Waals surface area contributed by atoms with Gasteiger partial charge in [-0.25, -0.2) is 0 Å². The molecule has 1 amide bonds. The Kier molecular flexibility index (Phi) is 5.63. The van der Waals surface area contributed by atoms with Crippen LogP contribution in [0, 0.1) is 20.8 Å². The molecule has 2 aromatic carbocycles. The van der Waals surface area contributed by atoms with Crippen molar-refractivity contribution in [2.75, 3.05) is 5.32 Å². The van der Waals surface area contributed by atoms with Gasteiger partial charge >= 0.3 is 0 Å². The van der Waals surface area contributed by atoms with Crippen molar-refractivity contribution in [3.05, 3.63) is 64.2 Å².